The fourth-order valence-electron chi connectivity index (χ4n) is 5.98. The highest BCUT2D eigenvalue weighted by atomic mass is 35.5. The number of carbonyl (C=O) groups excluding carboxylic acids is 1. The van der Waals surface area contributed by atoms with Gasteiger partial charge in [-0.25, -0.2) is 4.58 Å². The third kappa shape index (κ3) is 12.8. The molecule has 1 saturated heterocycles. The Balaban J connectivity index is 0.000000481. The number of rotatable bonds is 4. The fraction of sp³-hybridized carbons (Fsp3) is 0.579. The van der Waals surface area contributed by atoms with Crippen molar-refractivity contribution in [3.8, 4) is 5.75 Å². The van der Waals surface area contributed by atoms with Gasteiger partial charge in [-0.1, -0.05) is 56.2 Å². The zero-order valence-corrected chi connectivity index (χ0v) is 29.9. The number of halogens is 1. The highest BCUT2D eigenvalue weighted by Crippen LogP contribution is 2.42. The van der Waals surface area contributed by atoms with E-state index in [1.54, 1.807) is 14.2 Å². The highest BCUT2D eigenvalue weighted by Gasteiger charge is 2.34. The van der Waals surface area contributed by atoms with E-state index in [1.807, 2.05) is 18.7 Å². The molecule has 2 aromatic carbocycles. The fourth-order valence-corrected chi connectivity index (χ4v) is 6.17. The number of aldehydes is 1. The quantitative estimate of drug-likeness (QED) is 0.143. The van der Waals surface area contributed by atoms with Gasteiger partial charge in [0.15, 0.2) is 0 Å². The van der Waals surface area contributed by atoms with Gasteiger partial charge in [0.25, 0.3) is 0 Å². The monoisotopic (exact) mass is 655 g/mol. The summed E-state index contributed by atoms with van der Waals surface area (Å²) >= 11 is 8.40. The summed E-state index contributed by atoms with van der Waals surface area (Å²) in [6.07, 6.45) is 16.9. The molecule has 248 valence electrons. The van der Waals surface area contributed by atoms with Gasteiger partial charge >= 0.3 is 0 Å². The Morgan fingerprint density at radius 2 is 1.80 bits per heavy atom. The first-order chi connectivity index (χ1) is 21.9. The number of methoxy groups -OCH3 is 1. The van der Waals surface area contributed by atoms with Crippen LogP contribution in [0.2, 0.25) is 5.02 Å². The third-order valence-corrected chi connectivity index (χ3v) is 9.25. The lowest BCUT2D eigenvalue weighted by Crippen LogP contribution is -2.40. The first-order valence-electron chi connectivity index (χ1n) is 16.8. The van der Waals surface area contributed by atoms with Gasteiger partial charge in [-0.3, -0.25) is 0 Å². The normalized spacial score (nSPS) is 22.5. The van der Waals surface area contributed by atoms with Gasteiger partial charge in [0, 0.05) is 69.0 Å². The van der Waals surface area contributed by atoms with Crippen LogP contribution >= 0.6 is 23.4 Å². The summed E-state index contributed by atoms with van der Waals surface area (Å²) in [5, 5.41) is 0.834. The molecule has 0 radical (unpaired) electrons. The number of carbonyl (C=O) groups is 1. The maximum absolute atomic E-state index is 9.17. The molecule has 3 atom stereocenters. The minimum atomic E-state index is 0.336. The first-order valence-corrected chi connectivity index (χ1v) is 18.4. The summed E-state index contributed by atoms with van der Waals surface area (Å²) in [6.45, 7) is 7.97. The average molecular weight is 656 g/mol. The van der Waals surface area contributed by atoms with Crippen molar-refractivity contribution in [3.05, 3.63) is 70.3 Å². The Morgan fingerprint density at radius 1 is 1.07 bits per heavy atom. The van der Waals surface area contributed by atoms with Crippen molar-refractivity contribution in [2.24, 2.45) is 11.8 Å². The van der Waals surface area contributed by atoms with E-state index in [4.69, 9.17) is 16.3 Å². The van der Waals surface area contributed by atoms with Crippen LogP contribution in [0.4, 0.5) is 5.69 Å². The van der Waals surface area contributed by atoms with Crippen LogP contribution in [0.15, 0.2) is 48.6 Å². The summed E-state index contributed by atoms with van der Waals surface area (Å²) < 4.78 is 13.1. The van der Waals surface area contributed by atoms with Crippen LogP contribution < -0.4 is 9.64 Å². The number of aryl methyl sites for hydroxylation is 1. The molecular weight excluding hydrogens is 600 g/mol. The van der Waals surface area contributed by atoms with Gasteiger partial charge in [-0.05, 0) is 78.5 Å². The van der Waals surface area contributed by atoms with E-state index < -0.39 is 0 Å². The van der Waals surface area contributed by atoms with Gasteiger partial charge < -0.3 is 19.2 Å². The van der Waals surface area contributed by atoms with Gasteiger partial charge in [-0.15, -0.1) is 0 Å². The van der Waals surface area contributed by atoms with Crippen LogP contribution in [0, 0.1) is 11.8 Å². The topological polar surface area (TPSA) is 41.8 Å². The van der Waals surface area contributed by atoms with Crippen LogP contribution in [-0.4, -0.2) is 76.1 Å². The number of hydrogen-bond acceptors (Lipinski definition) is 5. The number of allylic oxidation sites excluding steroid dienone is 1. The molecule has 45 heavy (non-hydrogen) atoms. The van der Waals surface area contributed by atoms with E-state index in [-0.39, 0.29) is 0 Å². The predicted octanol–water partition coefficient (Wildman–Crippen LogP) is 8.50. The smallest absolute Gasteiger partial charge is 0.145 e. The van der Waals surface area contributed by atoms with Gasteiger partial charge in [0.05, 0.1) is 12.3 Å². The van der Waals surface area contributed by atoms with E-state index >= 15 is 0 Å². The Kier molecular flexibility index (Phi) is 17.2. The van der Waals surface area contributed by atoms with Crippen LogP contribution in [0.1, 0.15) is 75.0 Å². The lowest BCUT2D eigenvalue weighted by Gasteiger charge is -2.41. The molecular formula is C38H56ClN2O3S+. The SMILES string of the molecule is C1CS1.CCC=O.CCCc1cc(Cl)ccc1C1COc2ccc3cc2N(C1)CC1CCC1C/C=C/CC[N+](C)=CC3.COC. The molecule has 2 fully saturated rings. The molecule has 7 heteroatoms. The molecule has 0 spiro atoms. The second kappa shape index (κ2) is 20.8. The van der Waals surface area contributed by atoms with Crippen molar-refractivity contribution < 1.29 is 18.8 Å². The maximum atomic E-state index is 9.17. The Bertz CT molecular complexity index is 1230. The zero-order valence-electron chi connectivity index (χ0n) is 28.3. The van der Waals surface area contributed by atoms with Crippen molar-refractivity contribution in [3.63, 3.8) is 0 Å². The Labute approximate surface area is 282 Å². The lowest BCUT2D eigenvalue weighted by atomic mass is 9.71. The summed E-state index contributed by atoms with van der Waals surface area (Å²) in [6, 6.07) is 13.3. The second-order valence-electron chi connectivity index (χ2n) is 12.4. The van der Waals surface area contributed by atoms with Crippen LogP contribution in [0.5, 0.6) is 5.75 Å². The minimum Gasteiger partial charge on any atom is -0.491 e. The molecule has 6 rings (SSSR count). The van der Waals surface area contributed by atoms with Crippen molar-refractivity contribution in [1.82, 2.24) is 0 Å². The van der Waals surface area contributed by atoms with E-state index in [0.717, 1.165) is 74.2 Å². The van der Waals surface area contributed by atoms with Gasteiger partial charge in [0.1, 0.15) is 31.8 Å². The van der Waals surface area contributed by atoms with E-state index in [2.05, 4.69) is 82.9 Å². The number of nitrogens with zero attached hydrogens (tertiary/aromatic N) is 2. The number of hydrogen-bond donors (Lipinski definition) is 0. The van der Waals surface area contributed by atoms with Crippen molar-refractivity contribution in [1.29, 1.82) is 0 Å². The van der Waals surface area contributed by atoms with Crippen LogP contribution in [-0.2, 0) is 22.4 Å². The van der Waals surface area contributed by atoms with E-state index in [9.17, 15) is 4.79 Å². The molecule has 0 N–H and O–H groups in total. The minimum absolute atomic E-state index is 0.336. The van der Waals surface area contributed by atoms with Crippen molar-refractivity contribution in [2.45, 2.75) is 71.1 Å². The number of anilines is 1. The predicted molar refractivity (Wildman–Crippen MR) is 194 cm³/mol. The molecule has 3 unspecified atom stereocenters. The summed E-state index contributed by atoms with van der Waals surface area (Å²) in [5.41, 5.74) is 5.42. The number of thioether (sulfide) groups is 1. The molecule has 3 heterocycles. The third-order valence-electron chi connectivity index (χ3n) is 8.60. The van der Waals surface area contributed by atoms with Crippen molar-refractivity contribution in [2.75, 3.05) is 63.9 Å². The largest absolute Gasteiger partial charge is 0.491 e. The number of fused-ring (bicyclic) bond motifs is 2. The lowest BCUT2D eigenvalue weighted by molar-refractivity contribution is -0.492. The first kappa shape index (κ1) is 37.2. The van der Waals surface area contributed by atoms with E-state index in [0.29, 0.717) is 18.9 Å². The standard InChI is InChI=1S/C31H40ClN2O.C3H6O.C2H6O.C2H4S/c1-3-7-25-19-28(32)12-13-29(25)27-21-34-20-26-11-10-24(26)8-5-4-6-16-33(2)17-15-23-9-14-31(35-22-27)30(34)18-23;1-2-3-4;1-3-2;1-2-3-1/h4-5,9,12-14,17-19,24,26-27H,3,6-8,10-11,15-16,20-22H2,1-2H3;3H,2H2,1H3;1-2H3;1-2H2/q+1;;;/b5-4+,33-17?;;;. The van der Waals surface area contributed by atoms with Gasteiger partial charge in [0.2, 0.25) is 0 Å². The van der Waals surface area contributed by atoms with Crippen LogP contribution in [0.25, 0.3) is 0 Å². The number of ether oxygens (including phenoxy) is 2. The highest BCUT2D eigenvalue weighted by molar-refractivity contribution is 8.06. The molecule has 5 nitrogen and oxygen atoms in total. The average Bonchev–Trinajstić information content (AvgIpc) is 3.92. The molecule has 0 aromatic heterocycles. The second-order valence-corrected chi connectivity index (χ2v) is 14.0. The molecule has 1 saturated carbocycles. The Morgan fingerprint density at radius 3 is 2.44 bits per heavy atom. The maximum Gasteiger partial charge on any atom is 0.145 e. The van der Waals surface area contributed by atoms with Crippen LogP contribution in [0.3, 0.4) is 0 Å². The van der Waals surface area contributed by atoms with Crippen molar-refractivity contribution >= 4 is 41.6 Å². The number of benzene rings is 2. The zero-order chi connectivity index (χ0) is 32.4. The van der Waals surface area contributed by atoms with Gasteiger partial charge in [-0.2, -0.15) is 11.8 Å². The molecule has 3 aliphatic heterocycles. The molecule has 2 aromatic rings. The molecule has 4 aliphatic rings. The van der Waals surface area contributed by atoms with E-state index in [1.165, 1.54) is 53.1 Å². The Hall–Kier alpha value is -2.28. The molecule has 2 bridgehead atoms. The molecule has 0 amide bonds. The molecule has 1 aliphatic carbocycles. The summed E-state index contributed by atoms with van der Waals surface area (Å²) in [7, 11) is 5.44. The summed E-state index contributed by atoms with van der Waals surface area (Å²) in [5.74, 6) is 5.77. The summed E-state index contributed by atoms with van der Waals surface area (Å²) in [4.78, 5) is 11.8.